The highest BCUT2D eigenvalue weighted by Crippen LogP contribution is 2.28. The average molecular weight is 228 g/mol. The Kier molecular flexibility index (Phi) is 2.39. The van der Waals surface area contributed by atoms with Crippen LogP contribution in [0.15, 0.2) is 30.3 Å². The van der Waals surface area contributed by atoms with E-state index < -0.39 is 0 Å². The Balaban J connectivity index is 1.87. The molecular formula is C14H16N2O. The second-order valence-electron chi connectivity index (χ2n) is 4.76. The normalized spacial score (nSPS) is 20.1. The summed E-state index contributed by atoms with van der Waals surface area (Å²) in [7, 11) is 0. The third-order valence-electron chi connectivity index (χ3n) is 3.62. The van der Waals surface area contributed by atoms with E-state index in [0.717, 1.165) is 19.5 Å². The minimum atomic E-state index is 0.184. The Labute approximate surface area is 100 Å². The van der Waals surface area contributed by atoms with E-state index >= 15 is 0 Å². The van der Waals surface area contributed by atoms with Crippen molar-refractivity contribution in [1.82, 2.24) is 9.88 Å². The molecule has 1 saturated heterocycles. The summed E-state index contributed by atoms with van der Waals surface area (Å²) in [4.78, 5) is 16.7. The van der Waals surface area contributed by atoms with Gasteiger partial charge in [-0.15, -0.1) is 0 Å². The van der Waals surface area contributed by atoms with Gasteiger partial charge in [0.2, 0.25) is 5.91 Å². The molecule has 0 radical (unpaired) electrons. The fourth-order valence-electron chi connectivity index (χ4n) is 2.62. The zero-order valence-corrected chi connectivity index (χ0v) is 9.94. The van der Waals surface area contributed by atoms with Crippen molar-refractivity contribution < 1.29 is 4.79 Å². The van der Waals surface area contributed by atoms with E-state index in [2.05, 4.69) is 29.2 Å². The van der Waals surface area contributed by atoms with Crippen molar-refractivity contribution in [3.05, 3.63) is 36.0 Å². The van der Waals surface area contributed by atoms with Gasteiger partial charge in [0, 0.05) is 37.1 Å². The summed E-state index contributed by atoms with van der Waals surface area (Å²) in [5.41, 5.74) is 2.44. The standard InChI is InChI=1S/C14H16N2O/c1-10(17)16-7-6-12(9-16)14-8-11-4-2-3-5-13(11)15-14/h2-5,8,12,15H,6-7,9H2,1H3. The van der Waals surface area contributed by atoms with Crippen molar-refractivity contribution in [2.45, 2.75) is 19.3 Å². The lowest BCUT2D eigenvalue weighted by molar-refractivity contribution is -0.127. The summed E-state index contributed by atoms with van der Waals surface area (Å²) in [5.74, 6) is 0.648. The van der Waals surface area contributed by atoms with Crippen LogP contribution in [0.2, 0.25) is 0 Å². The number of likely N-dealkylation sites (tertiary alicyclic amines) is 1. The summed E-state index contributed by atoms with van der Waals surface area (Å²) in [5, 5.41) is 1.25. The number of aromatic nitrogens is 1. The first kappa shape index (κ1) is 10.4. The molecular weight excluding hydrogens is 212 g/mol. The minimum absolute atomic E-state index is 0.184. The van der Waals surface area contributed by atoms with Crippen molar-refractivity contribution in [2.75, 3.05) is 13.1 Å². The number of carbonyl (C=O) groups excluding carboxylic acids is 1. The third kappa shape index (κ3) is 1.82. The number of carbonyl (C=O) groups is 1. The van der Waals surface area contributed by atoms with Gasteiger partial charge >= 0.3 is 0 Å². The van der Waals surface area contributed by atoms with E-state index in [4.69, 9.17) is 0 Å². The van der Waals surface area contributed by atoms with E-state index in [1.807, 2.05) is 11.0 Å². The molecule has 3 heteroatoms. The number of para-hydroxylation sites is 1. The van der Waals surface area contributed by atoms with Crippen molar-refractivity contribution in [1.29, 1.82) is 0 Å². The molecule has 3 nitrogen and oxygen atoms in total. The highest BCUT2D eigenvalue weighted by molar-refractivity contribution is 5.80. The zero-order chi connectivity index (χ0) is 11.8. The molecule has 0 saturated carbocycles. The number of H-pyrrole nitrogens is 1. The van der Waals surface area contributed by atoms with Gasteiger partial charge in [-0.1, -0.05) is 18.2 Å². The number of benzene rings is 1. The Bertz CT molecular complexity index is 525. The monoisotopic (exact) mass is 228 g/mol. The van der Waals surface area contributed by atoms with Crippen LogP contribution < -0.4 is 0 Å². The Morgan fingerprint density at radius 3 is 2.94 bits per heavy atom. The number of nitrogens with one attached hydrogen (secondary N) is 1. The molecule has 88 valence electrons. The minimum Gasteiger partial charge on any atom is -0.358 e. The molecule has 0 spiro atoms. The molecule has 3 rings (SSSR count). The quantitative estimate of drug-likeness (QED) is 0.799. The molecule has 1 unspecified atom stereocenters. The van der Waals surface area contributed by atoms with Gasteiger partial charge in [-0.2, -0.15) is 0 Å². The summed E-state index contributed by atoms with van der Waals surface area (Å²) in [6.07, 6.45) is 1.06. The summed E-state index contributed by atoms with van der Waals surface area (Å²) < 4.78 is 0. The maximum atomic E-state index is 11.3. The molecule has 1 fully saturated rings. The van der Waals surface area contributed by atoms with E-state index in [-0.39, 0.29) is 5.91 Å². The molecule has 1 aromatic carbocycles. The predicted octanol–water partition coefficient (Wildman–Crippen LogP) is 2.50. The van der Waals surface area contributed by atoms with Gasteiger partial charge in [-0.25, -0.2) is 0 Å². The molecule has 2 heterocycles. The van der Waals surface area contributed by atoms with Gasteiger partial charge < -0.3 is 9.88 Å². The van der Waals surface area contributed by atoms with Crippen molar-refractivity contribution in [2.24, 2.45) is 0 Å². The number of hydrogen-bond acceptors (Lipinski definition) is 1. The lowest BCUT2D eigenvalue weighted by atomic mass is 10.1. The summed E-state index contributed by atoms with van der Waals surface area (Å²) in [6, 6.07) is 10.5. The number of fused-ring (bicyclic) bond motifs is 1. The maximum Gasteiger partial charge on any atom is 0.219 e. The topological polar surface area (TPSA) is 36.1 Å². The molecule has 1 N–H and O–H groups in total. The van der Waals surface area contributed by atoms with Gasteiger partial charge in [0.15, 0.2) is 0 Å². The average Bonchev–Trinajstić information content (AvgIpc) is 2.95. The van der Waals surface area contributed by atoms with E-state index in [1.54, 1.807) is 6.92 Å². The fourth-order valence-corrected chi connectivity index (χ4v) is 2.62. The summed E-state index contributed by atoms with van der Waals surface area (Å²) in [6.45, 7) is 3.38. The van der Waals surface area contributed by atoms with Crippen molar-refractivity contribution >= 4 is 16.8 Å². The van der Waals surface area contributed by atoms with Crippen LogP contribution in [0.4, 0.5) is 0 Å². The van der Waals surface area contributed by atoms with E-state index in [9.17, 15) is 4.79 Å². The van der Waals surface area contributed by atoms with Crippen LogP contribution in [0.25, 0.3) is 10.9 Å². The Morgan fingerprint density at radius 1 is 1.41 bits per heavy atom. The van der Waals surface area contributed by atoms with Crippen LogP contribution in [0.1, 0.15) is 25.0 Å². The van der Waals surface area contributed by atoms with Crippen LogP contribution in [-0.2, 0) is 4.79 Å². The van der Waals surface area contributed by atoms with Gasteiger partial charge in [-0.05, 0) is 23.9 Å². The second-order valence-corrected chi connectivity index (χ2v) is 4.76. The van der Waals surface area contributed by atoms with Crippen molar-refractivity contribution in [3.8, 4) is 0 Å². The molecule has 1 aliphatic rings. The van der Waals surface area contributed by atoms with E-state index in [1.165, 1.54) is 16.6 Å². The number of aromatic amines is 1. The van der Waals surface area contributed by atoms with Crippen LogP contribution in [-0.4, -0.2) is 28.9 Å². The molecule has 1 aliphatic heterocycles. The van der Waals surface area contributed by atoms with Gasteiger partial charge in [0.25, 0.3) is 0 Å². The predicted molar refractivity (Wildman–Crippen MR) is 67.9 cm³/mol. The number of hydrogen-bond donors (Lipinski definition) is 1. The maximum absolute atomic E-state index is 11.3. The highest BCUT2D eigenvalue weighted by Gasteiger charge is 2.26. The molecule has 1 amide bonds. The number of nitrogens with zero attached hydrogens (tertiary/aromatic N) is 1. The molecule has 1 aromatic heterocycles. The Morgan fingerprint density at radius 2 is 2.24 bits per heavy atom. The molecule has 17 heavy (non-hydrogen) atoms. The van der Waals surface area contributed by atoms with Crippen molar-refractivity contribution in [3.63, 3.8) is 0 Å². The van der Waals surface area contributed by atoms with Gasteiger partial charge in [-0.3, -0.25) is 4.79 Å². The highest BCUT2D eigenvalue weighted by atomic mass is 16.2. The third-order valence-corrected chi connectivity index (χ3v) is 3.62. The second kappa shape index (κ2) is 3.91. The lowest BCUT2D eigenvalue weighted by Crippen LogP contribution is -2.25. The number of amides is 1. The zero-order valence-electron chi connectivity index (χ0n) is 9.94. The first-order valence-electron chi connectivity index (χ1n) is 6.07. The molecule has 0 bridgehead atoms. The lowest BCUT2D eigenvalue weighted by Gasteiger charge is -2.12. The Hall–Kier alpha value is -1.77. The molecule has 1 atom stereocenters. The van der Waals surface area contributed by atoms with Crippen LogP contribution in [0.5, 0.6) is 0 Å². The van der Waals surface area contributed by atoms with Gasteiger partial charge in [0.1, 0.15) is 0 Å². The first-order chi connectivity index (χ1) is 8.24. The summed E-state index contributed by atoms with van der Waals surface area (Å²) >= 11 is 0. The molecule has 0 aliphatic carbocycles. The SMILES string of the molecule is CC(=O)N1CCC(c2cc3ccccc3[nH]2)C1. The first-order valence-corrected chi connectivity index (χ1v) is 6.07. The van der Waals surface area contributed by atoms with Crippen LogP contribution in [0, 0.1) is 0 Å². The fraction of sp³-hybridized carbons (Fsp3) is 0.357. The molecule has 2 aromatic rings. The smallest absolute Gasteiger partial charge is 0.219 e. The van der Waals surface area contributed by atoms with E-state index in [0.29, 0.717) is 5.92 Å². The number of rotatable bonds is 1. The van der Waals surface area contributed by atoms with Gasteiger partial charge in [0.05, 0.1) is 0 Å². The van der Waals surface area contributed by atoms with Crippen LogP contribution >= 0.6 is 0 Å². The van der Waals surface area contributed by atoms with Crippen LogP contribution in [0.3, 0.4) is 0 Å². The largest absolute Gasteiger partial charge is 0.358 e.